The smallest absolute Gasteiger partial charge is 0.0548 e. The van der Waals surface area contributed by atoms with E-state index in [-0.39, 0.29) is 0 Å². The normalized spacial score (nSPS) is 11.8. The molecule has 4 heteroatoms. The molecule has 0 fully saturated rings. The number of thiophene rings is 2. The first-order valence-corrected chi connectivity index (χ1v) is 19.2. The third-order valence-electron chi connectivity index (χ3n) is 10.3. The lowest BCUT2D eigenvalue weighted by molar-refractivity contribution is 1.17. The Morgan fingerprint density at radius 1 is 0.385 bits per heavy atom. The van der Waals surface area contributed by atoms with E-state index in [0.29, 0.717) is 0 Å². The Morgan fingerprint density at radius 3 is 1.79 bits per heavy atom. The summed E-state index contributed by atoms with van der Waals surface area (Å²) in [6.07, 6.45) is 0. The van der Waals surface area contributed by atoms with Gasteiger partial charge >= 0.3 is 0 Å². The summed E-state index contributed by atoms with van der Waals surface area (Å²) in [7, 11) is 0. The fourth-order valence-electron chi connectivity index (χ4n) is 8.14. The second kappa shape index (κ2) is 11.7. The molecule has 0 unspecified atom stereocenters. The third kappa shape index (κ3) is 4.48. The summed E-state index contributed by atoms with van der Waals surface area (Å²) in [5, 5.41) is 7.86. The van der Waals surface area contributed by atoms with E-state index in [1.54, 1.807) is 0 Å². The number of hydrogen-bond donors (Lipinski definition) is 0. The van der Waals surface area contributed by atoms with Crippen LogP contribution in [0.25, 0.3) is 79.0 Å². The molecule has 8 aromatic carbocycles. The summed E-state index contributed by atoms with van der Waals surface area (Å²) < 4.78 is 7.76. The summed E-state index contributed by atoms with van der Waals surface area (Å²) in [5.74, 6) is 0. The van der Waals surface area contributed by atoms with Crippen LogP contribution in [-0.2, 0) is 0 Å². The molecular weight excluding hydrogens is 669 g/mol. The minimum Gasteiger partial charge on any atom is -0.310 e. The molecular formula is C48H30N2S2. The van der Waals surface area contributed by atoms with Gasteiger partial charge in [0.15, 0.2) is 0 Å². The fraction of sp³-hybridized carbons (Fsp3) is 0. The summed E-state index contributed by atoms with van der Waals surface area (Å²) in [6, 6.07) is 66.6. The first kappa shape index (κ1) is 29.5. The number of aromatic nitrogens is 1. The zero-order valence-corrected chi connectivity index (χ0v) is 29.7. The van der Waals surface area contributed by atoms with E-state index in [1.807, 2.05) is 22.7 Å². The molecule has 3 aromatic heterocycles. The molecule has 0 radical (unpaired) electrons. The van der Waals surface area contributed by atoms with Crippen molar-refractivity contribution in [1.82, 2.24) is 4.57 Å². The second-order valence-electron chi connectivity index (χ2n) is 13.3. The van der Waals surface area contributed by atoms with E-state index in [4.69, 9.17) is 0 Å². The predicted molar refractivity (Wildman–Crippen MR) is 227 cm³/mol. The van der Waals surface area contributed by atoms with E-state index >= 15 is 0 Å². The van der Waals surface area contributed by atoms with E-state index < -0.39 is 0 Å². The van der Waals surface area contributed by atoms with Crippen molar-refractivity contribution < 1.29 is 0 Å². The lowest BCUT2D eigenvalue weighted by atomic mass is 10.0. The molecule has 0 amide bonds. The van der Waals surface area contributed by atoms with Gasteiger partial charge in [0.2, 0.25) is 0 Å². The van der Waals surface area contributed by atoms with Crippen molar-refractivity contribution in [1.29, 1.82) is 0 Å². The van der Waals surface area contributed by atoms with Gasteiger partial charge in [-0.25, -0.2) is 0 Å². The van der Waals surface area contributed by atoms with Gasteiger partial charge in [-0.3, -0.25) is 0 Å². The molecule has 0 saturated carbocycles. The number of fused-ring (bicyclic) bond motifs is 10. The highest BCUT2D eigenvalue weighted by Gasteiger charge is 2.21. The van der Waals surface area contributed by atoms with Crippen molar-refractivity contribution in [3.8, 4) is 16.8 Å². The van der Waals surface area contributed by atoms with Gasteiger partial charge in [-0.05, 0) is 83.9 Å². The van der Waals surface area contributed by atoms with Crippen LogP contribution >= 0.6 is 22.7 Å². The SMILES string of the molecule is c1ccc(N(c2ccccc2)c2cc(-c3cccc4c3sc3ccccc34)cc(-n3c4ccccc4c4c5c(ccc43)sc3ccccc35)c2)cc1. The maximum atomic E-state index is 2.49. The highest BCUT2D eigenvalue weighted by Crippen LogP contribution is 2.46. The minimum atomic E-state index is 1.11. The molecule has 0 bridgehead atoms. The van der Waals surface area contributed by atoms with Crippen LogP contribution in [0.3, 0.4) is 0 Å². The van der Waals surface area contributed by atoms with Crippen LogP contribution < -0.4 is 4.90 Å². The van der Waals surface area contributed by atoms with E-state index in [0.717, 1.165) is 22.7 Å². The number of anilines is 3. The summed E-state index contributed by atoms with van der Waals surface area (Å²) >= 11 is 3.76. The van der Waals surface area contributed by atoms with Gasteiger partial charge < -0.3 is 9.47 Å². The third-order valence-corrected chi connectivity index (χ3v) is 12.7. The molecule has 0 aliphatic carbocycles. The van der Waals surface area contributed by atoms with E-state index in [2.05, 4.69) is 191 Å². The fourth-order valence-corrected chi connectivity index (χ4v) is 10.5. The number of nitrogens with zero attached hydrogens (tertiary/aromatic N) is 2. The van der Waals surface area contributed by atoms with Crippen molar-refractivity contribution in [3.05, 3.63) is 182 Å². The first-order valence-electron chi connectivity index (χ1n) is 17.6. The Balaban J connectivity index is 1.26. The van der Waals surface area contributed by atoms with Crippen molar-refractivity contribution in [2.45, 2.75) is 0 Å². The Bertz CT molecular complexity index is 3090. The first-order chi connectivity index (χ1) is 25.8. The highest BCUT2D eigenvalue weighted by atomic mass is 32.1. The van der Waals surface area contributed by atoms with Crippen molar-refractivity contribution in [2.24, 2.45) is 0 Å². The van der Waals surface area contributed by atoms with E-state index in [1.165, 1.54) is 73.3 Å². The Hall–Kier alpha value is -6.20. The molecule has 11 rings (SSSR count). The second-order valence-corrected chi connectivity index (χ2v) is 15.4. The largest absolute Gasteiger partial charge is 0.310 e. The molecule has 2 nitrogen and oxygen atoms in total. The molecule has 0 aliphatic rings. The molecule has 0 N–H and O–H groups in total. The van der Waals surface area contributed by atoms with Crippen LogP contribution in [0.4, 0.5) is 17.1 Å². The summed E-state index contributed by atoms with van der Waals surface area (Å²) in [4.78, 5) is 2.39. The Labute approximate surface area is 308 Å². The maximum Gasteiger partial charge on any atom is 0.0548 e. The van der Waals surface area contributed by atoms with Crippen LogP contribution in [0.1, 0.15) is 0 Å². The molecule has 3 heterocycles. The van der Waals surface area contributed by atoms with E-state index in [9.17, 15) is 0 Å². The van der Waals surface area contributed by atoms with Gasteiger partial charge in [0.05, 0.1) is 11.0 Å². The van der Waals surface area contributed by atoms with Gasteiger partial charge in [0, 0.05) is 73.9 Å². The molecule has 11 aromatic rings. The number of hydrogen-bond acceptors (Lipinski definition) is 3. The zero-order chi connectivity index (χ0) is 34.2. The van der Waals surface area contributed by atoms with Crippen molar-refractivity contribution in [3.63, 3.8) is 0 Å². The lowest BCUT2D eigenvalue weighted by Gasteiger charge is -2.27. The molecule has 52 heavy (non-hydrogen) atoms. The number of rotatable bonds is 5. The van der Waals surface area contributed by atoms with Gasteiger partial charge in [-0.15, -0.1) is 22.7 Å². The quantitative estimate of drug-likeness (QED) is 0.174. The van der Waals surface area contributed by atoms with Gasteiger partial charge in [0.1, 0.15) is 0 Å². The average Bonchev–Trinajstić information content (AvgIpc) is 3.88. The van der Waals surface area contributed by atoms with Gasteiger partial charge in [0.25, 0.3) is 0 Å². The summed E-state index contributed by atoms with van der Waals surface area (Å²) in [5.41, 5.74) is 9.32. The molecule has 0 spiro atoms. The lowest BCUT2D eigenvalue weighted by Crippen LogP contribution is -2.10. The van der Waals surface area contributed by atoms with Crippen LogP contribution in [-0.4, -0.2) is 4.57 Å². The Kier molecular flexibility index (Phi) is 6.63. The standard InChI is InChI=1S/C48H30N2S2/c1-3-14-32(15-4-1)49(33-16-5-2-6-17-33)34-28-31(36-21-13-22-38-37-18-8-11-24-43(37)52-48(36)38)29-35(30-34)50-41-23-10-7-19-39(41)46-42(50)26-27-45-47(46)40-20-9-12-25-44(40)51-45/h1-30H. The van der Waals surface area contributed by atoms with Gasteiger partial charge in [-0.1, -0.05) is 109 Å². The van der Waals surface area contributed by atoms with Crippen LogP contribution in [0, 0.1) is 0 Å². The average molecular weight is 699 g/mol. The monoisotopic (exact) mass is 698 g/mol. The maximum absolute atomic E-state index is 2.49. The van der Waals surface area contributed by atoms with Crippen molar-refractivity contribution >= 4 is 102 Å². The van der Waals surface area contributed by atoms with Crippen LogP contribution in [0.2, 0.25) is 0 Å². The van der Waals surface area contributed by atoms with Gasteiger partial charge in [-0.2, -0.15) is 0 Å². The molecule has 0 aliphatic heterocycles. The predicted octanol–water partition coefficient (Wildman–Crippen LogP) is 14.7. The minimum absolute atomic E-state index is 1.11. The molecule has 0 saturated heterocycles. The van der Waals surface area contributed by atoms with Crippen LogP contribution in [0.15, 0.2) is 182 Å². The topological polar surface area (TPSA) is 8.17 Å². The molecule has 0 atom stereocenters. The highest BCUT2D eigenvalue weighted by molar-refractivity contribution is 7.26. The summed E-state index contributed by atoms with van der Waals surface area (Å²) in [6.45, 7) is 0. The van der Waals surface area contributed by atoms with Crippen LogP contribution in [0.5, 0.6) is 0 Å². The number of para-hydroxylation sites is 3. The Morgan fingerprint density at radius 2 is 1.02 bits per heavy atom. The van der Waals surface area contributed by atoms with Crippen molar-refractivity contribution in [2.75, 3.05) is 4.90 Å². The zero-order valence-electron chi connectivity index (χ0n) is 28.0. The number of benzene rings is 8. The molecule has 244 valence electrons.